The zero-order valence-electron chi connectivity index (χ0n) is 16.1. The quantitative estimate of drug-likeness (QED) is 0.504. The molecule has 1 heterocycles. The van der Waals surface area contributed by atoms with Gasteiger partial charge in [0.2, 0.25) is 0 Å². The van der Waals surface area contributed by atoms with Gasteiger partial charge >= 0.3 is 5.97 Å². The largest absolute Gasteiger partial charge is 0.452 e. The fraction of sp³-hybridized carbons (Fsp3) is 0.318. The Kier molecular flexibility index (Phi) is 7.58. The van der Waals surface area contributed by atoms with Crippen LogP contribution in [0.25, 0.3) is 0 Å². The van der Waals surface area contributed by atoms with Crippen LogP contribution >= 0.6 is 11.3 Å². The van der Waals surface area contributed by atoms with Gasteiger partial charge in [-0.3, -0.25) is 9.59 Å². The van der Waals surface area contributed by atoms with Gasteiger partial charge in [0.15, 0.2) is 6.61 Å². The van der Waals surface area contributed by atoms with Crippen LogP contribution in [0.15, 0.2) is 53.4 Å². The molecule has 0 saturated carbocycles. The molecule has 29 heavy (non-hydrogen) atoms. The summed E-state index contributed by atoms with van der Waals surface area (Å²) in [6.45, 7) is 0.246. The molecular weight excluding hydrogens is 388 g/mol. The number of anilines is 1. The van der Waals surface area contributed by atoms with Crippen molar-refractivity contribution in [1.82, 2.24) is 5.32 Å². The summed E-state index contributed by atoms with van der Waals surface area (Å²) in [4.78, 5) is 36.6. The second kappa shape index (κ2) is 10.6. The van der Waals surface area contributed by atoms with Gasteiger partial charge in [-0.2, -0.15) is 0 Å². The number of hydrogen-bond donors (Lipinski definition) is 2. The molecule has 1 aliphatic rings. The number of thiophene rings is 1. The number of benzene rings is 1. The van der Waals surface area contributed by atoms with Gasteiger partial charge in [-0.25, -0.2) is 4.79 Å². The number of nitrogens with one attached hydrogen (secondary N) is 2. The van der Waals surface area contributed by atoms with Crippen LogP contribution in [0.5, 0.6) is 0 Å². The Hall–Kier alpha value is -2.93. The number of carbonyl (C=O) groups is 3. The Labute approximate surface area is 174 Å². The molecule has 1 aromatic carbocycles. The van der Waals surface area contributed by atoms with Gasteiger partial charge < -0.3 is 15.4 Å². The van der Waals surface area contributed by atoms with Gasteiger partial charge in [0.1, 0.15) is 0 Å². The summed E-state index contributed by atoms with van der Waals surface area (Å²) in [7, 11) is 0. The molecule has 1 aromatic heterocycles. The molecule has 0 spiro atoms. The van der Waals surface area contributed by atoms with E-state index in [4.69, 9.17) is 4.74 Å². The number of esters is 1. The lowest BCUT2D eigenvalue weighted by Gasteiger charge is -2.13. The predicted molar refractivity (Wildman–Crippen MR) is 113 cm³/mol. The average molecular weight is 413 g/mol. The third kappa shape index (κ3) is 6.57. The standard InChI is InChI=1S/C22H24N2O4S/c25-20(23-13-12-16-5-2-1-3-6-16)15-28-22(27)17-8-10-18(11-9-17)24-21(26)19-7-4-14-29-19/h4-5,7-11,14H,1-3,6,12-13,15H2,(H,23,25)(H,24,26). The van der Waals surface area contributed by atoms with E-state index in [0.29, 0.717) is 22.7 Å². The monoisotopic (exact) mass is 412 g/mol. The zero-order chi connectivity index (χ0) is 20.5. The number of allylic oxidation sites excluding steroid dienone is 1. The molecule has 0 unspecified atom stereocenters. The molecule has 7 heteroatoms. The van der Waals surface area contributed by atoms with Gasteiger partial charge in [0.05, 0.1) is 10.4 Å². The maximum absolute atomic E-state index is 12.1. The summed E-state index contributed by atoms with van der Waals surface area (Å²) in [5, 5.41) is 7.37. The van der Waals surface area contributed by atoms with Crippen LogP contribution in [0.1, 0.15) is 52.1 Å². The van der Waals surface area contributed by atoms with Gasteiger partial charge in [-0.1, -0.05) is 17.7 Å². The molecule has 2 amide bonds. The van der Waals surface area contributed by atoms with Crippen molar-refractivity contribution in [1.29, 1.82) is 0 Å². The topological polar surface area (TPSA) is 84.5 Å². The molecule has 0 bridgehead atoms. The van der Waals surface area contributed by atoms with E-state index < -0.39 is 5.97 Å². The first-order valence-corrected chi connectivity index (χ1v) is 10.6. The molecule has 3 rings (SSSR count). The highest BCUT2D eigenvalue weighted by Gasteiger charge is 2.12. The van der Waals surface area contributed by atoms with Crippen LogP contribution in [0.4, 0.5) is 5.69 Å². The Morgan fingerprint density at radius 3 is 2.59 bits per heavy atom. The highest BCUT2D eigenvalue weighted by Crippen LogP contribution is 2.19. The minimum Gasteiger partial charge on any atom is -0.452 e. The summed E-state index contributed by atoms with van der Waals surface area (Å²) in [6, 6.07) is 9.91. The van der Waals surface area contributed by atoms with Crippen molar-refractivity contribution in [2.75, 3.05) is 18.5 Å². The van der Waals surface area contributed by atoms with Gasteiger partial charge in [0, 0.05) is 12.2 Å². The van der Waals surface area contributed by atoms with Crippen LogP contribution in [0.2, 0.25) is 0 Å². The van der Waals surface area contributed by atoms with E-state index in [-0.39, 0.29) is 18.4 Å². The third-order valence-corrected chi connectivity index (χ3v) is 5.48. The molecule has 1 aliphatic carbocycles. The number of rotatable bonds is 8. The van der Waals surface area contributed by atoms with Crippen molar-refractivity contribution in [3.05, 3.63) is 63.9 Å². The first-order valence-electron chi connectivity index (χ1n) is 9.68. The van der Waals surface area contributed by atoms with E-state index in [0.717, 1.165) is 19.3 Å². The van der Waals surface area contributed by atoms with Crippen molar-refractivity contribution < 1.29 is 19.1 Å². The highest BCUT2D eigenvalue weighted by molar-refractivity contribution is 7.12. The van der Waals surface area contributed by atoms with E-state index in [1.165, 1.54) is 29.8 Å². The maximum Gasteiger partial charge on any atom is 0.338 e. The SMILES string of the molecule is O=C(COC(=O)c1ccc(NC(=O)c2cccs2)cc1)NCCC1=CCCCC1. The Morgan fingerprint density at radius 2 is 1.90 bits per heavy atom. The smallest absolute Gasteiger partial charge is 0.338 e. The van der Waals surface area contributed by atoms with E-state index >= 15 is 0 Å². The van der Waals surface area contributed by atoms with E-state index in [9.17, 15) is 14.4 Å². The molecule has 6 nitrogen and oxygen atoms in total. The molecule has 2 aromatic rings. The molecule has 0 saturated heterocycles. The lowest BCUT2D eigenvalue weighted by Crippen LogP contribution is -2.29. The third-order valence-electron chi connectivity index (χ3n) is 4.61. The van der Waals surface area contributed by atoms with Gasteiger partial charge in [0.25, 0.3) is 11.8 Å². The summed E-state index contributed by atoms with van der Waals surface area (Å²) in [6.07, 6.45) is 7.79. The molecule has 152 valence electrons. The van der Waals surface area contributed by atoms with E-state index in [1.807, 2.05) is 11.4 Å². The molecular formula is C22H24N2O4S. The van der Waals surface area contributed by atoms with Crippen LogP contribution in [-0.2, 0) is 9.53 Å². The minimum absolute atomic E-state index is 0.198. The minimum atomic E-state index is -0.578. The van der Waals surface area contributed by atoms with E-state index in [1.54, 1.807) is 30.3 Å². The van der Waals surface area contributed by atoms with Gasteiger partial charge in [-0.05, 0) is 67.8 Å². The number of ether oxygens (including phenoxy) is 1. The predicted octanol–water partition coefficient (Wildman–Crippen LogP) is 4.16. The molecule has 0 fully saturated rings. The second-order valence-electron chi connectivity index (χ2n) is 6.79. The molecule has 0 radical (unpaired) electrons. The number of carbonyl (C=O) groups excluding carboxylic acids is 3. The van der Waals surface area contributed by atoms with Crippen molar-refractivity contribution in [3.8, 4) is 0 Å². The summed E-state index contributed by atoms with van der Waals surface area (Å²) in [5.74, 6) is -1.09. The molecule has 2 N–H and O–H groups in total. The van der Waals surface area contributed by atoms with Crippen LogP contribution in [-0.4, -0.2) is 30.9 Å². The first kappa shape index (κ1) is 20.8. The highest BCUT2D eigenvalue weighted by atomic mass is 32.1. The normalized spacial score (nSPS) is 13.3. The summed E-state index contributed by atoms with van der Waals surface area (Å²) < 4.78 is 5.06. The number of hydrogen-bond acceptors (Lipinski definition) is 5. The van der Waals surface area contributed by atoms with Crippen LogP contribution in [0.3, 0.4) is 0 Å². The lowest BCUT2D eigenvalue weighted by molar-refractivity contribution is -0.124. The summed E-state index contributed by atoms with van der Waals surface area (Å²) in [5.41, 5.74) is 2.29. The Morgan fingerprint density at radius 1 is 1.07 bits per heavy atom. The van der Waals surface area contributed by atoms with E-state index in [2.05, 4.69) is 16.7 Å². The fourth-order valence-electron chi connectivity index (χ4n) is 3.05. The van der Waals surface area contributed by atoms with Crippen molar-refractivity contribution in [3.63, 3.8) is 0 Å². The van der Waals surface area contributed by atoms with Crippen molar-refractivity contribution >= 4 is 34.8 Å². The van der Waals surface area contributed by atoms with Crippen molar-refractivity contribution in [2.45, 2.75) is 32.1 Å². The molecule has 0 atom stereocenters. The fourth-order valence-corrected chi connectivity index (χ4v) is 3.67. The summed E-state index contributed by atoms with van der Waals surface area (Å²) >= 11 is 1.35. The Bertz CT molecular complexity index is 873. The number of amides is 2. The second-order valence-corrected chi connectivity index (χ2v) is 7.74. The average Bonchev–Trinajstić information content (AvgIpc) is 3.28. The van der Waals surface area contributed by atoms with Crippen molar-refractivity contribution in [2.24, 2.45) is 0 Å². The zero-order valence-corrected chi connectivity index (χ0v) is 16.9. The Balaban J connectivity index is 1.39. The lowest BCUT2D eigenvalue weighted by atomic mass is 9.97. The first-order chi connectivity index (χ1) is 14.1. The maximum atomic E-state index is 12.1. The van der Waals surface area contributed by atoms with Crippen LogP contribution < -0.4 is 10.6 Å². The van der Waals surface area contributed by atoms with Gasteiger partial charge in [-0.15, -0.1) is 11.3 Å². The molecule has 0 aliphatic heterocycles. The van der Waals surface area contributed by atoms with Crippen LogP contribution in [0, 0.1) is 0 Å².